The van der Waals surface area contributed by atoms with Crippen LogP contribution in [-0.4, -0.2) is 20.4 Å². The third-order valence-electron chi connectivity index (χ3n) is 3.85. The van der Waals surface area contributed by atoms with Gasteiger partial charge in [0, 0.05) is 11.1 Å². The number of halogens is 1. The topological polar surface area (TPSA) is 99.3 Å². The van der Waals surface area contributed by atoms with E-state index >= 15 is 0 Å². The molecule has 0 aromatic heterocycles. The van der Waals surface area contributed by atoms with Gasteiger partial charge in [0.15, 0.2) is 0 Å². The molecule has 1 aliphatic heterocycles. The van der Waals surface area contributed by atoms with Gasteiger partial charge in [-0.2, -0.15) is 0 Å². The fraction of sp³-hybridized carbons (Fsp3) is 0.188. The highest BCUT2D eigenvalue weighted by molar-refractivity contribution is 7.89. The number of carbonyl (C=O) groups excluding carboxylic acids is 1. The molecule has 3 rings (SSSR count). The van der Waals surface area contributed by atoms with Crippen LogP contribution in [0.2, 0.25) is 5.02 Å². The van der Waals surface area contributed by atoms with Crippen molar-refractivity contribution in [3.8, 4) is 0 Å². The third kappa shape index (κ3) is 4.36. The van der Waals surface area contributed by atoms with Crippen LogP contribution in [0.4, 0.5) is 0 Å². The maximum Gasteiger partial charge on any atom is 0.257 e. The molecule has 1 amide bonds. The van der Waals surface area contributed by atoms with E-state index in [1.54, 1.807) is 0 Å². The van der Waals surface area contributed by atoms with Crippen LogP contribution in [0, 0.1) is 0 Å². The SMILES string of the molecule is O=C(NNS(=O)(=O)c1ccc(Cl)cc1)C1CC(c2ccccc2)NN1. The monoisotopic (exact) mass is 380 g/mol. The number of benzene rings is 2. The number of nitrogens with one attached hydrogen (secondary N) is 4. The lowest BCUT2D eigenvalue weighted by Gasteiger charge is -2.12. The normalized spacial score (nSPS) is 20.4. The average molecular weight is 381 g/mol. The summed E-state index contributed by atoms with van der Waals surface area (Å²) in [5.41, 5.74) is 9.20. The summed E-state index contributed by atoms with van der Waals surface area (Å²) < 4.78 is 24.3. The van der Waals surface area contributed by atoms with Crippen molar-refractivity contribution in [3.63, 3.8) is 0 Å². The first-order valence-corrected chi connectivity index (χ1v) is 9.45. The van der Waals surface area contributed by atoms with E-state index in [0.29, 0.717) is 11.4 Å². The third-order valence-corrected chi connectivity index (χ3v) is 5.37. The number of hydrogen-bond donors (Lipinski definition) is 4. The Labute approximate surface area is 150 Å². The van der Waals surface area contributed by atoms with Crippen molar-refractivity contribution < 1.29 is 13.2 Å². The average Bonchev–Trinajstić information content (AvgIpc) is 3.11. The molecule has 0 spiro atoms. The van der Waals surface area contributed by atoms with E-state index in [-0.39, 0.29) is 10.9 Å². The van der Waals surface area contributed by atoms with Crippen LogP contribution in [0.5, 0.6) is 0 Å². The van der Waals surface area contributed by atoms with Crippen molar-refractivity contribution in [2.45, 2.75) is 23.4 Å². The number of amides is 1. The van der Waals surface area contributed by atoms with Crippen molar-refractivity contribution in [1.29, 1.82) is 0 Å². The van der Waals surface area contributed by atoms with Gasteiger partial charge in [0.1, 0.15) is 6.04 Å². The van der Waals surface area contributed by atoms with Gasteiger partial charge >= 0.3 is 0 Å². The van der Waals surface area contributed by atoms with E-state index in [2.05, 4.69) is 21.1 Å². The van der Waals surface area contributed by atoms with Crippen LogP contribution in [0.15, 0.2) is 59.5 Å². The molecule has 1 heterocycles. The molecule has 7 nitrogen and oxygen atoms in total. The van der Waals surface area contributed by atoms with Gasteiger partial charge in [-0.05, 0) is 36.2 Å². The molecule has 2 atom stereocenters. The van der Waals surface area contributed by atoms with Crippen LogP contribution in [0.3, 0.4) is 0 Å². The van der Waals surface area contributed by atoms with E-state index in [9.17, 15) is 13.2 Å². The summed E-state index contributed by atoms with van der Waals surface area (Å²) in [6, 6.07) is 14.7. The molecule has 2 unspecified atom stereocenters. The van der Waals surface area contributed by atoms with Gasteiger partial charge in [-0.1, -0.05) is 41.9 Å². The lowest BCUT2D eigenvalue weighted by atomic mass is 10.0. The quantitative estimate of drug-likeness (QED) is 0.585. The second kappa shape index (κ2) is 7.51. The molecular weight excluding hydrogens is 364 g/mol. The standard InChI is InChI=1S/C16H17ClN4O3S/c17-12-6-8-13(9-7-12)25(23,24)21-20-16(22)15-10-14(18-19-15)11-4-2-1-3-5-11/h1-9,14-15,18-19,21H,10H2,(H,20,22). The van der Waals surface area contributed by atoms with Gasteiger partial charge in [-0.3, -0.25) is 10.2 Å². The smallest absolute Gasteiger partial charge is 0.257 e. The molecule has 4 N–H and O–H groups in total. The molecular formula is C16H17ClN4O3S. The minimum atomic E-state index is -3.86. The van der Waals surface area contributed by atoms with Gasteiger partial charge in [-0.15, -0.1) is 4.83 Å². The van der Waals surface area contributed by atoms with Gasteiger partial charge in [0.2, 0.25) is 0 Å². The van der Waals surface area contributed by atoms with E-state index in [1.165, 1.54) is 24.3 Å². The van der Waals surface area contributed by atoms with Crippen LogP contribution in [0.25, 0.3) is 0 Å². The maximum atomic E-state index is 12.2. The summed E-state index contributed by atoms with van der Waals surface area (Å²) in [5.74, 6) is -0.469. The molecule has 0 bridgehead atoms. The predicted octanol–water partition coefficient (Wildman–Crippen LogP) is 1.26. The molecule has 1 fully saturated rings. The predicted molar refractivity (Wildman–Crippen MR) is 93.8 cm³/mol. The Hall–Kier alpha value is -1.97. The van der Waals surface area contributed by atoms with E-state index < -0.39 is 22.0 Å². The lowest BCUT2D eigenvalue weighted by Crippen LogP contribution is -2.50. The van der Waals surface area contributed by atoms with Gasteiger partial charge in [0.05, 0.1) is 4.90 Å². The van der Waals surface area contributed by atoms with E-state index in [1.807, 2.05) is 30.3 Å². The summed E-state index contributed by atoms with van der Waals surface area (Å²) in [4.78, 5) is 14.3. The van der Waals surface area contributed by atoms with E-state index in [4.69, 9.17) is 11.6 Å². The van der Waals surface area contributed by atoms with Crippen LogP contribution < -0.4 is 21.1 Å². The Kier molecular flexibility index (Phi) is 5.36. The van der Waals surface area contributed by atoms with Crippen molar-refractivity contribution in [2.75, 3.05) is 0 Å². The summed E-state index contributed by atoms with van der Waals surface area (Å²) in [6.07, 6.45) is 0.499. The Balaban J connectivity index is 1.57. The molecule has 0 radical (unpaired) electrons. The molecule has 2 aromatic rings. The minimum Gasteiger partial charge on any atom is -0.276 e. The zero-order chi connectivity index (χ0) is 17.9. The van der Waals surface area contributed by atoms with E-state index in [0.717, 1.165) is 5.56 Å². The fourth-order valence-corrected chi connectivity index (χ4v) is 3.48. The maximum absolute atomic E-state index is 12.2. The summed E-state index contributed by atoms with van der Waals surface area (Å²) in [5, 5.41) is 0.427. The first-order chi connectivity index (χ1) is 12.0. The molecule has 2 aromatic carbocycles. The second-order valence-electron chi connectivity index (χ2n) is 5.59. The largest absolute Gasteiger partial charge is 0.276 e. The fourth-order valence-electron chi connectivity index (χ4n) is 2.51. The van der Waals surface area contributed by atoms with Crippen molar-refractivity contribution in [1.82, 2.24) is 21.1 Å². The summed E-state index contributed by atoms with van der Waals surface area (Å²) >= 11 is 5.74. The molecule has 9 heteroatoms. The Morgan fingerprint density at radius 1 is 1.04 bits per heavy atom. The number of hydrogen-bond acceptors (Lipinski definition) is 5. The van der Waals surface area contributed by atoms with Crippen molar-refractivity contribution in [3.05, 3.63) is 65.2 Å². The van der Waals surface area contributed by atoms with Crippen LogP contribution in [0.1, 0.15) is 18.0 Å². The number of sulfonamides is 1. The Bertz CT molecular complexity index is 843. The van der Waals surface area contributed by atoms with Crippen LogP contribution >= 0.6 is 11.6 Å². The second-order valence-corrected chi connectivity index (χ2v) is 7.71. The highest BCUT2D eigenvalue weighted by Crippen LogP contribution is 2.21. The Morgan fingerprint density at radius 2 is 1.72 bits per heavy atom. The number of rotatable bonds is 5. The van der Waals surface area contributed by atoms with Gasteiger partial charge < -0.3 is 0 Å². The molecule has 1 aliphatic rings. The molecule has 0 saturated carbocycles. The highest BCUT2D eigenvalue weighted by Gasteiger charge is 2.30. The van der Waals surface area contributed by atoms with Gasteiger partial charge in [-0.25, -0.2) is 19.3 Å². The lowest BCUT2D eigenvalue weighted by molar-refractivity contribution is -0.123. The van der Waals surface area contributed by atoms with Crippen molar-refractivity contribution in [2.24, 2.45) is 0 Å². The zero-order valence-electron chi connectivity index (χ0n) is 13.1. The summed E-state index contributed by atoms with van der Waals surface area (Å²) in [7, 11) is -3.86. The first-order valence-electron chi connectivity index (χ1n) is 7.59. The first kappa shape index (κ1) is 17.8. The molecule has 0 aliphatic carbocycles. The Morgan fingerprint density at radius 3 is 2.40 bits per heavy atom. The van der Waals surface area contributed by atoms with Gasteiger partial charge in [0.25, 0.3) is 15.9 Å². The minimum absolute atomic E-state index is 0.0110. The van der Waals surface area contributed by atoms with Crippen molar-refractivity contribution >= 4 is 27.5 Å². The molecule has 1 saturated heterocycles. The zero-order valence-corrected chi connectivity index (χ0v) is 14.6. The summed E-state index contributed by atoms with van der Waals surface area (Å²) in [6.45, 7) is 0. The van der Waals surface area contributed by atoms with Crippen LogP contribution in [-0.2, 0) is 14.8 Å². The highest BCUT2D eigenvalue weighted by atomic mass is 35.5. The number of carbonyl (C=O) groups is 1. The number of hydrazine groups is 2. The molecule has 25 heavy (non-hydrogen) atoms. The molecule has 132 valence electrons.